The molecule has 0 unspecified atom stereocenters. The summed E-state index contributed by atoms with van der Waals surface area (Å²) >= 11 is 6.30. The third kappa shape index (κ3) is 4.30. The lowest BCUT2D eigenvalue weighted by Gasteiger charge is -2.15. The Labute approximate surface area is 130 Å². The molecule has 0 saturated carbocycles. The predicted molar refractivity (Wildman–Crippen MR) is 87.6 cm³/mol. The van der Waals surface area contributed by atoms with Gasteiger partial charge in [-0.1, -0.05) is 29.8 Å². The van der Waals surface area contributed by atoms with E-state index in [0.29, 0.717) is 36.3 Å². The number of hydrogen-bond donors (Lipinski definition) is 1. The molecule has 0 aliphatic heterocycles. The average Bonchev–Trinajstić information content (AvgIpc) is 2.50. The van der Waals surface area contributed by atoms with Crippen LogP contribution in [0.1, 0.15) is 19.4 Å². The van der Waals surface area contributed by atoms with Gasteiger partial charge < -0.3 is 14.8 Å². The van der Waals surface area contributed by atoms with E-state index < -0.39 is 0 Å². The molecule has 1 N–H and O–H groups in total. The lowest BCUT2D eigenvalue weighted by atomic mass is 10.2. The van der Waals surface area contributed by atoms with Crippen molar-refractivity contribution in [2.45, 2.75) is 20.4 Å². The minimum atomic E-state index is 0.557. The van der Waals surface area contributed by atoms with Gasteiger partial charge in [0.05, 0.1) is 18.2 Å². The Morgan fingerprint density at radius 1 is 1.00 bits per heavy atom. The zero-order chi connectivity index (χ0) is 15.1. The highest BCUT2D eigenvalue weighted by Crippen LogP contribution is 2.36. The zero-order valence-electron chi connectivity index (χ0n) is 12.4. The van der Waals surface area contributed by atoms with Gasteiger partial charge in [-0.05, 0) is 43.7 Å². The fourth-order valence-corrected chi connectivity index (χ4v) is 2.32. The Kier molecular flexibility index (Phi) is 5.76. The molecule has 112 valence electrons. The number of benzene rings is 2. The molecule has 0 spiro atoms. The van der Waals surface area contributed by atoms with Crippen molar-refractivity contribution in [3.63, 3.8) is 0 Å². The molecule has 0 amide bonds. The maximum absolute atomic E-state index is 6.30. The normalized spacial score (nSPS) is 10.2. The Hall–Kier alpha value is -1.87. The van der Waals surface area contributed by atoms with E-state index >= 15 is 0 Å². The molecule has 0 radical (unpaired) electrons. The van der Waals surface area contributed by atoms with Gasteiger partial charge in [0, 0.05) is 12.2 Å². The first kappa shape index (κ1) is 15.5. The molecular weight excluding hydrogens is 286 g/mol. The smallest absolute Gasteiger partial charge is 0.179 e. The van der Waals surface area contributed by atoms with Crippen LogP contribution in [0.2, 0.25) is 5.02 Å². The Bertz CT molecular complexity index is 573. The topological polar surface area (TPSA) is 30.5 Å². The molecule has 21 heavy (non-hydrogen) atoms. The lowest BCUT2D eigenvalue weighted by Crippen LogP contribution is -2.03. The number of ether oxygens (including phenoxy) is 2. The van der Waals surface area contributed by atoms with E-state index in [4.69, 9.17) is 21.1 Å². The van der Waals surface area contributed by atoms with Crippen LogP contribution in [-0.2, 0) is 6.54 Å². The quantitative estimate of drug-likeness (QED) is 0.800. The molecular formula is C17H20ClNO2. The number of rotatable bonds is 7. The Morgan fingerprint density at radius 2 is 1.71 bits per heavy atom. The van der Waals surface area contributed by atoms with Gasteiger partial charge in [-0.3, -0.25) is 0 Å². The largest absolute Gasteiger partial charge is 0.490 e. The summed E-state index contributed by atoms with van der Waals surface area (Å²) in [6.07, 6.45) is 0. The standard InChI is InChI=1S/C17H20ClNO2/c1-3-20-16-11-13(10-15(18)17(16)21-4-2)12-19-14-8-6-5-7-9-14/h5-11,19H,3-4,12H2,1-2H3. The number of nitrogens with one attached hydrogen (secondary N) is 1. The molecule has 0 heterocycles. The Morgan fingerprint density at radius 3 is 2.38 bits per heavy atom. The third-order valence-electron chi connectivity index (χ3n) is 2.93. The molecule has 0 aliphatic rings. The number of para-hydroxylation sites is 1. The van der Waals surface area contributed by atoms with Gasteiger partial charge in [-0.15, -0.1) is 0 Å². The van der Waals surface area contributed by atoms with Crippen LogP contribution in [0.5, 0.6) is 11.5 Å². The fraction of sp³-hybridized carbons (Fsp3) is 0.294. The molecule has 0 saturated heterocycles. The Balaban J connectivity index is 2.16. The van der Waals surface area contributed by atoms with E-state index in [1.807, 2.05) is 56.3 Å². The maximum Gasteiger partial charge on any atom is 0.179 e. The van der Waals surface area contributed by atoms with Crippen molar-refractivity contribution in [2.75, 3.05) is 18.5 Å². The monoisotopic (exact) mass is 305 g/mol. The van der Waals surface area contributed by atoms with E-state index in [0.717, 1.165) is 11.3 Å². The van der Waals surface area contributed by atoms with Gasteiger partial charge in [0.2, 0.25) is 0 Å². The van der Waals surface area contributed by atoms with Crippen LogP contribution in [0, 0.1) is 0 Å². The van der Waals surface area contributed by atoms with Gasteiger partial charge in [0.25, 0.3) is 0 Å². The van der Waals surface area contributed by atoms with Crippen molar-refractivity contribution < 1.29 is 9.47 Å². The highest BCUT2D eigenvalue weighted by Gasteiger charge is 2.12. The molecule has 2 rings (SSSR count). The number of hydrogen-bond acceptors (Lipinski definition) is 3. The second-order valence-electron chi connectivity index (χ2n) is 4.49. The highest BCUT2D eigenvalue weighted by molar-refractivity contribution is 6.32. The predicted octanol–water partition coefficient (Wildman–Crippen LogP) is 4.75. The van der Waals surface area contributed by atoms with E-state index in [1.54, 1.807) is 0 Å². The van der Waals surface area contributed by atoms with Crippen molar-refractivity contribution in [3.05, 3.63) is 53.1 Å². The van der Waals surface area contributed by atoms with E-state index in [1.165, 1.54) is 0 Å². The first-order valence-corrected chi connectivity index (χ1v) is 7.49. The van der Waals surface area contributed by atoms with Crippen molar-refractivity contribution in [1.82, 2.24) is 0 Å². The summed E-state index contributed by atoms with van der Waals surface area (Å²) in [6, 6.07) is 13.9. The summed E-state index contributed by atoms with van der Waals surface area (Å²) in [5.41, 5.74) is 2.12. The summed E-state index contributed by atoms with van der Waals surface area (Å²) in [5.74, 6) is 1.31. The van der Waals surface area contributed by atoms with Crippen molar-refractivity contribution in [2.24, 2.45) is 0 Å². The lowest BCUT2D eigenvalue weighted by molar-refractivity contribution is 0.287. The van der Waals surface area contributed by atoms with Gasteiger partial charge in [0.15, 0.2) is 11.5 Å². The molecule has 0 bridgehead atoms. The van der Waals surface area contributed by atoms with Crippen molar-refractivity contribution >= 4 is 17.3 Å². The van der Waals surface area contributed by atoms with Crippen molar-refractivity contribution in [1.29, 1.82) is 0 Å². The van der Waals surface area contributed by atoms with Gasteiger partial charge in [-0.2, -0.15) is 0 Å². The van der Waals surface area contributed by atoms with Crippen LogP contribution in [0.15, 0.2) is 42.5 Å². The van der Waals surface area contributed by atoms with Crippen LogP contribution in [0.25, 0.3) is 0 Å². The minimum Gasteiger partial charge on any atom is -0.490 e. The van der Waals surface area contributed by atoms with Gasteiger partial charge >= 0.3 is 0 Å². The average molecular weight is 306 g/mol. The summed E-state index contributed by atoms with van der Waals surface area (Å²) in [4.78, 5) is 0. The molecule has 0 fully saturated rings. The van der Waals surface area contributed by atoms with E-state index in [-0.39, 0.29) is 0 Å². The molecule has 0 atom stereocenters. The maximum atomic E-state index is 6.30. The van der Waals surface area contributed by atoms with Crippen LogP contribution in [0.4, 0.5) is 5.69 Å². The van der Waals surface area contributed by atoms with Gasteiger partial charge in [-0.25, -0.2) is 0 Å². The first-order chi connectivity index (χ1) is 10.2. The zero-order valence-corrected chi connectivity index (χ0v) is 13.1. The highest BCUT2D eigenvalue weighted by atomic mass is 35.5. The minimum absolute atomic E-state index is 0.557. The second-order valence-corrected chi connectivity index (χ2v) is 4.90. The molecule has 2 aromatic rings. The fourth-order valence-electron chi connectivity index (χ4n) is 2.03. The molecule has 2 aromatic carbocycles. The first-order valence-electron chi connectivity index (χ1n) is 7.11. The summed E-state index contributed by atoms with van der Waals surface area (Å²) in [5, 5.41) is 3.93. The SMILES string of the molecule is CCOc1cc(CNc2ccccc2)cc(Cl)c1OCC. The summed E-state index contributed by atoms with van der Waals surface area (Å²) in [7, 11) is 0. The van der Waals surface area contributed by atoms with E-state index in [9.17, 15) is 0 Å². The third-order valence-corrected chi connectivity index (χ3v) is 3.21. The molecule has 0 aromatic heterocycles. The van der Waals surface area contributed by atoms with Crippen LogP contribution in [0.3, 0.4) is 0 Å². The second kappa shape index (κ2) is 7.79. The number of anilines is 1. The van der Waals surface area contributed by atoms with Gasteiger partial charge in [0.1, 0.15) is 0 Å². The molecule has 4 heteroatoms. The van der Waals surface area contributed by atoms with Crippen molar-refractivity contribution in [3.8, 4) is 11.5 Å². The van der Waals surface area contributed by atoms with E-state index in [2.05, 4.69) is 5.32 Å². The van der Waals surface area contributed by atoms with Crippen LogP contribution < -0.4 is 14.8 Å². The molecule has 0 aliphatic carbocycles. The summed E-state index contributed by atoms with van der Waals surface area (Å²) < 4.78 is 11.2. The van der Waals surface area contributed by atoms with Crippen LogP contribution in [-0.4, -0.2) is 13.2 Å². The molecule has 3 nitrogen and oxygen atoms in total. The van der Waals surface area contributed by atoms with Crippen LogP contribution >= 0.6 is 11.6 Å². The summed E-state index contributed by atoms with van der Waals surface area (Å²) in [6.45, 7) is 5.68. The number of halogens is 1.